The van der Waals surface area contributed by atoms with E-state index in [0.29, 0.717) is 24.4 Å². The van der Waals surface area contributed by atoms with Crippen molar-refractivity contribution in [3.05, 3.63) is 29.8 Å². The first kappa shape index (κ1) is 17.9. The van der Waals surface area contributed by atoms with Gasteiger partial charge in [-0.3, -0.25) is 0 Å². The van der Waals surface area contributed by atoms with E-state index < -0.39 is 10.0 Å². The van der Waals surface area contributed by atoms with Gasteiger partial charge in [-0.2, -0.15) is 9.57 Å². The summed E-state index contributed by atoms with van der Waals surface area (Å²) in [5, 5.41) is 8.57. The molecule has 6 heteroatoms. The van der Waals surface area contributed by atoms with E-state index in [1.165, 1.54) is 5.56 Å². The maximum atomic E-state index is 12.7. The second kappa shape index (κ2) is 8.44. The van der Waals surface area contributed by atoms with Gasteiger partial charge in [0.1, 0.15) is 0 Å². The number of aryl methyl sites for hydroxylation is 1. The van der Waals surface area contributed by atoms with Gasteiger partial charge in [-0.1, -0.05) is 25.5 Å². The van der Waals surface area contributed by atoms with Crippen molar-refractivity contribution in [1.82, 2.24) is 9.21 Å². The van der Waals surface area contributed by atoms with Gasteiger partial charge in [-0.15, -0.1) is 0 Å². The Bertz CT molecular complexity index is 627. The summed E-state index contributed by atoms with van der Waals surface area (Å²) in [6, 6.07) is 9.41. The number of rotatable bonds is 7. The van der Waals surface area contributed by atoms with Crippen molar-refractivity contribution >= 4 is 10.0 Å². The van der Waals surface area contributed by atoms with Crippen molar-refractivity contribution < 1.29 is 8.42 Å². The lowest BCUT2D eigenvalue weighted by molar-refractivity contribution is 0.187. The third kappa shape index (κ3) is 4.77. The summed E-state index contributed by atoms with van der Waals surface area (Å²) in [6.07, 6.45) is 3.44. The Labute approximate surface area is 139 Å². The van der Waals surface area contributed by atoms with Crippen molar-refractivity contribution in [2.45, 2.75) is 37.5 Å². The fourth-order valence-corrected chi connectivity index (χ4v) is 4.26. The average molecular weight is 335 g/mol. The van der Waals surface area contributed by atoms with Crippen molar-refractivity contribution in [1.29, 1.82) is 5.26 Å². The monoisotopic (exact) mass is 335 g/mol. The molecule has 0 aliphatic carbocycles. The predicted octanol–water partition coefficient (Wildman–Crippen LogP) is 2.25. The van der Waals surface area contributed by atoms with Crippen LogP contribution in [0.25, 0.3) is 0 Å². The predicted molar refractivity (Wildman–Crippen MR) is 90.5 cm³/mol. The van der Waals surface area contributed by atoms with Gasteiger partial charge >= 0.3 is 0 Å². The molecule has 1 heterocycles. The molecular formula is C17H25N3O2S. The second-order valence-corrected chi connectivity index (χ2v) is 7.84. The number of hydrogen-bond donors (Lipinski definition) is 0. The molecular weight excluding hydrogens is 310 g/mol. The standard InChI is InChI=1S/C17H25N3O2S/c1-2-5-16-6-8-17(9-7-16)23(21,22)20-14-12-19(13-15-20)11-4-3-10-18/h6-9H,2-5,11-15H2,1H3. The molecule has 23 heavy (non-hydrogen) atoms. The Morgan fingerprint density at radius 3 is 2.35 bits per heavy atom. The molecule has 2 rings (SSSR count). The first-order chi connectivity index (χ1) is 11.1. The number of benzene rings is 1. The lowest BCUT2D eigenvalue weighted by Gasteiger charge is -2.33. The van der Waals surface area contributed by atoms with Crippen LogP contribution in [0.1, 0.15) is 31.7 Å². The van der Waals surface area contributed by atoms with Crippen LogP contribution in [-0.4, -0.2) is 50.3 Å². The molecule has 5 nitrogen and oxygen atoms in total. The number of hydrogen-bond acceptors (Lipinski definition) is 4. The normalized spacial score (nSPS) is 17.0. The average Bonchev–Trinajstić information content (AvgIpc) is 2.56. The van der Waals surface area contributed by atoms with Gasteiger partial charge in [0, 0.05) is 32.6 Å². The summed E-state index contributed by atoms with van der Waals surface area (Å²) in [6.45, 7) is 5.49. The van der Waals surface area contributed by atoms with Crippen molar-refractivity contribution in [3.8, 4) is 6.07 Å². The van der Waals surface area contributed by atoms with E-state index in [9.17, 15) is 8.42 Å². The smallest absolute Gasteiger partial charge is 0.243 e. The van der Waals surface area contributed by atoms with Crippen LogP contribution >= 0.6 is 0 Å². The zero-order chi connectivity index (χ0) is 16.7. The minimum Gasteiger partial charge on any atom is -0.301 e. The van der Waals surface area contributed by atoms with E-state index in [1.807, 2.05) is 12.1 Å². The molecule has 1 aliphatic rings. The molecule has 1 saturated heterocycles. The fraction of sp³-hybridized carbons (Fsp3) is 0.588. The van der Waals surface area contributed by atoms with Crippen LogP contribution in [0.5, 0.6) is 0 Å². The summed E-state index contributed by atoms with van der Waals surface area (Å²) < 4.78 is 26.9. The number of unbranched alkanes of at least 4 members (excludes halogenated alkanes) is 1. The van der Waals surface area contributed by atoms with E-state index in [0.717, 1.165) is 38.9 Å². The van der Waals surface area contributed by atoms with Crippen molar-refractivity contribution in [2.75, 3.05) is 32.7 Å². The summed E-state index contributed by atoms with van der Waals surface area (Å²) in [4.78, 5) is 2.61. The van der Waals surface area contributed by atoms with E-state index in [2.05, 4.69) is 17.9 Å². The van der Waals surface area contributed by atoms with Gasteiger partial charge in [0.25, 0.3) is 0 Å². The first-order valence-corrected chi connectivity index (χ1v) is 9.70. The Hall–Kier alpha value is -1.42. The maximum absolute atomic E-state index is 12.7. The van der Waals surface area contributed by atoms with E-state index >= 15 is 0 Å². The van der Waals surface area contributed by atoms with Crippen LogP contribution in [0.15, 0.2) is 29.2 Å². The van der Waals surface area contributed by atoms with Crippen LogP contribution in [0.3, 0.4) is 0 Å². The SMILES string of the molecule is CCCc1ccc(S(=O)(=O)N2CCN(CCCC#N)CC2)cc1. The lowest BCUT2D eigenvalue weighted by Crippen LogP contribution is -2.48. The van der Waals surface area contributed by atoms with Crippen molar-refractivity contribution in [3.63, 3.8) is 0 Å². The molecule has 0 N–H and O–H groups in total. The largest absolute Gasteiger partial charge is 0.301 e. The Kier molecular flexibility index (Phi) is 6.58. The molecule has 0 unspecified atom stereocenters. The highest BCUT2D eigenvalue weighted by Gasteiger charge is 2.28. The first-order valence-electron chi connectivity index (χ1n) is 8.26. The van der Waals surface area contributed by atoms with Gasteiger partial charge in [-0.05, 0) is 37.1 Å². The highest BCUT2D eigenvalue weighted by Crippen LogP contribution is 2.19. The molecule has 0 aromatic heterocycles. The summed E-state index contributed by atoms with van der Waals surface area (Å²) in [5.41, 5.74) is 1.17. The third-order valence-corrected chi connectivity index (χ3v) is 6.11. The molecule has 126 valence electrons. The molecule has 0 spiro atoms. The Balaban J connectivity index is 1.94. The molecule has 1 aliphatic heterocycles. The van der Waals surface area contributed by atoms with E-state index in [4.69, 9.17) is 5.26 Å². The molecule has 0 radical (unpaired) electrons. The molecule has 0 bridgehead atoms. The maximum Gasteiger partial charge on any atom is 0.243 e. The van der Waals surface area contributed by atoms with Crippen LogP contribution in [0.2, 0.25) is 0 Å². The van der Waals surface area contributed by atoms with Crippen LogP contribution < -0.4 is 0 Å². The zero-order valence-corrected chi connectivity index (χ0v) is 14.6. The summed E-state index contributed by atoms with van der Waals surface area (Å²) in [7, 11) is -3.39. The molecule has 0 saturated carbocycles. The molecule has 1 fully saturated rings. The van der Waals surface area contributed by atoms with Gasteiger partial charge < -0.3 is 4.90 Å². The van der Waals surface area contributed by atoms with Crippen LogP contribution in [-0.2, 0) is 16.4 Å². The third-order valence-electron chi connectivity index (χ3n) is 4.19. The number of nitrogens with zero attached hydrogens (tertiary/aromatic N) is 3. The molecule has 0 atom stereocenters. The topological polar surface area (TPSA) is 64.4 Å². The van der Waals surface area contributed by atoms with E-state index in [1.54, 1.807) is 16.4 Å². The Morgan fingerprint density at radius 2 is 1.78 bits per heavy atom. The fourth-order valence-electron chi connectivity index (χ4n) is 2.84. The minimum absolute atomic E-state index is 0.385. The Morgan fingerprint density at radius 1 is 1.13 bits per heavy atom. The number of sulfonamides is 1. The van der Waals surface area contributed by atoms with Crippen LogP contribution in [0, 0.1) is 11.3 Å². The van der Waals surface area contributed by atoms with Gasteiger partial charge in [0.05, 0.1) is 11.0 Å². The molecule has 0 amide bonds. The number of nitriles is 1. The lowest BCUT2D eigenvalue weighted by atomic mass is 10.1. The number of piperazine rings is 1. The van der Waals surface area contributed by atoms with Gasteiger partial charge in [-0.25, -0.2) is 8.42 Å². The van der Waals surface area contributed by atoms with Gasteiger partial charge in [0.2, 0.25) is 10.0 Å². The summed E-state index contributed by atoms with van der Waals surface area (Å²) in [5.74, 6) is 0. The summed E-state index contributed by atoms with van der Waals surface area (Å²) >= 11 is 0. The molecule has 1 aromatic carbocycles. The molecule has 1 aromatic rings. The highest BCUT2D eigenvalue weighted by atomic mass is 32.2. The quantitative estimate of drug-likeness (QED) is 0.717. The van der Waals surface area contributed by atoms with Crippen LogP contribution in [0.4, 0.5) is 0 Å². The van der Waals surface area contributed by atoms with Crippen molar-refractivity contribution in [2.24, 2.45) is 0 Å². The van der Waals surface area contributed by atoms with E-state index in [-0.39, 0.29) is 0 Å². The highest BCUT2D eigenvalue weighted by molar-refractivity contribution is 7.89. The minimum atomic E-state index is -3.39. The zero-order valence-electron chi connectivity index (χ0n) is 13.7. The van der Waals surface area contributed by atoms with Gasteiger partial charge in [0.15, 0.2) is 0 Å². The second-order valence-electron chi connectivity index (χ2n) is 5.90.